The van der Waals surface area contributed by atoms with Crippen LogP contribution >= 0.6 is 27.7 Å². The average molecular weight is 540 g/mol. The molecule has 2 fully saturated rings. The third-order valence-corrected chi connectivity index (χ3v) is 7.28. The van der Waals surface area contributed by atoms with Crippen LogP contribution in [0.2, 0.25) is 0 Å². The smallest absolute Gasteiger partial charge is 0.298 e. The molecule has 3 heterocycles. The maximum absolute atomic E-state index is 13.1. The first-order valence-corrected chi connectivity index (χ1v) is 12.5. The van der Waals surface area contributed by atoms with Crippen LogP contribution in [0, 0.1) is 6.92 Å². The summed E-state index contributed by atoms with van der Waals surface area (Å²) >= 11 is 4.44. The van der Waals surface area contributed by atoms with Gasteiger partial charge in [0.15, 0.2) is 0 Å². The van der Waals surface area contributed by atoms with E-state index in [9.17, 15) is 14.4 Å². The van der Waals surface area contributed by atoms with Crippen LogP contribution in [0.1, 0.15) is 11.1 Å². The van der Waals surface area contributed by atoms with Gasteiger partial charge in [-0.05, 0) is 55.1 Å². The number of hydrogen-bond acceptors (Lipinski definition) is 5. The maximum Gasteiger partial charge on any atom is 0.298 e. The lowest BCUT2D eigenvalue weighted by molar-refractivity contribution is -0.135. The minimum atomic E-state index is -0.348. The van der Waals surface area contributed by atoms with Gasteiger partial charge < -0.3 is 14.2 Å². The Bertz CT molecular complexity index is 1330. The summed E-state index contributed by atoms with van der Waals surface area (Å²) in [5.74, 6) is -0.325. The molecule has 5 rings (SSSR count). The van der Waals surface area contributed by atoms with Crippen molar-refractivity contribution in [2.45, 2.75) is 13.5 Å². The van der Waals surface area contributed by atoms with Crippen molar-refractivity contribution in [3.63, 3.8) is 0 Å². The van der Waals surface area contributed by atoms with E-state index in [0.717, 1.165) is 38.3 Å². The Hall–Kier alpha value is -2.88. The molecule has 0 bridgehead atoms. The molecule has 2 aliphatic rings. The second kappa shape index (κ2) is 9.40. The summed E-state index contributed by atoms with van der Waals surface area (Å²) in [5, 5.41) is 0.568. The van der Waals surface area contributed by atoms with E-state index in [1.165, 1.54) is 4.90 Å². The second-order valence-corrected chi connectivity index (χ2v) is 10.1. The fraction of sp³-hybridized carbons (Fsp3) is 0.240. The summed E-state index contributed by atoms with van der Waals surface area (Å²) in [7, 11) is 0. The number of thioether (sulfide) groups is 1. The number of hydrogen-bond donors (Lipinski definition) is 0. The van der Waals surface area contributed by atoms with E-state index in [1.54, 1.807) is 23.1 Å². The van der Waals surface area contributed by atoms with Crippen LogP contribution < -0.4 is 4.90 Å². The van der Waals surface area contributed by atoms with Gasteiger partial charge in [-0.3, -0.25) is 14.4 Å². The number of fused-ring (bicyclic) bond motifs is 1. The van der Waals surface area contributed by atoms with Gasteiger partial charge in [0.25, 0.3) is 11.1 Å². The number of halogens is 1. The van der Waals surface area contributed by atoms with Crippen molar-refractivity contribution in [2.24, 2.45) is 0 Å². The zero-order valence-corrected chi connectivity index (χ0v) is 20.9. The number of morpholine rings is 1. The second-order valence-electron chi connectivity index (χ2n) is 8.22. The first-order chi connectivity index (χ1) is 16.4. The Labute approximate surface area is 209 Å². The van der Waals surface area contributed by atoms with Gasteiger partial charge in [0.05, 0.1) is 23.8 Å². The van der Waals surface area contributed by atoms with Crippen LogP contribution in [-0.4, -0.2) is 52.8 Å². The SMILES string of the molecule is Cc1ccc(N2C(=O)S/C(=C\c3cn(CC(=O)N4CCOCC4)c4ccc(Br)cc34)C2=O)cc1. The molecule has 3 aromatic rings. The highest BCUT2D eigenvalue weighted by atomic mass is 79.9. The van der Waals surface area contributed by atoms with E-state index in [4.69, 9.17) is 4.74 Å². The van der Waals surface area contributed by atoms with Crippen molar-refractivity contribution in [1.82, 2.24) is 9.47 Å². The van der Waals surface area contributed by atoms with Gasteiger partial charge in [-0.25, -0.2) is 4.90 Å². The number of aromatic nitrogens is 1. The summed E-state index contributed by atoms with van der Waals surface area (Å²) in [5.41, 5.74) is 3.27. The summed E-state index contributed by atoms with van der Waals surface area (Å²) in [6, 6.07) is 13.1. The molecule has 2 saturated heterocycles. The molecule has 9 heteroatoms. The van der Waals surface area contributed by atoms with Gasteiger partial charge >= 0.3 is 0 Å². The van der Waals surface area contributed by atoms with E-state index in [2.05, 4.69) is 15.9 Å². The zero-order chi connectivity index (χ0) is 23.8. The summed E-state index contributed by atoms with van der Waals surface area (Å²) in [6.45, 7) is 4.41. The molecule has 2 aromatic carbocycles. The standard InChI is InChI=1S/C25H22BrN3O4S/c1-16-2-5-19(6-3-16)29-24(31)22(34-25(29)32)12-17-14-28(21-7-4-18(26)13-20(17)21)15-23(30)27-8-10-33-11-9-27/h2-7,12-14H,8-11,15H2,1H3/b22-12-. The van der Waals surface area contributed by atoms with E-state index in [0.29, 0.717) is 36.9 Å². The molecule has 0 aliphatic carbocycles. The lowest BCUT2D eigenvalue weighted by Crippen LogP contribution is -2.42. The molecule has 0 atom stereocenters. The van der Waals surface area contributed by atoms with Gasteiger partial charge in [0.1, 0.15) is 6.54 Å². The Kier molecular flexibility index (Phi) is 6.33. The van der Waals surface area contributed by atoms with E-state index >= 15 is 0 Å². The van der Waals surface area contributed by atoms with Crippen molar-refractivity contribution < 1.29 is 19.1 Å². The number of nitrogens with zero attached hydrogens (tertiary/aromatic N) is 3. The van der Waals surface area contributed by atoms with Crippen LogP contribution in [0.15, 0.2) is 58.0 Å². The molecule has 174 valence electrons. The Balaban J connectivity index is 1.48. The topological polar surface area (TPSA) is 71.8 Å². The van der Waals surface area contributed by atoms with Crippen LogP contribution in [0.3, 0.4) is 0 Å². The number of carbonyl (C=O) groups is 3. The van der Waals surface area contributed by atoms with Crippen LogP contribution in [-0.2, 0) is 20.9 Å². The normalized spacial score (nSPS) is 17.9. The van der Waals surface area contributed by atoms with Crippen LogP contribution in [0.4, 0.5) is 10.5 Å². The fourth-order valence-corrected chi connectivity index (χ4v) is 5.32. The predicted molar refractivity (Wildman–Crippen MR) is 137 cm³/mol. The van der Waals surface area contributed by atoms with Crippen molar-refractivity contribution in [2.75, 3.05) is 31.2 Å². The van der Waals surface area contributed by atoms with Crippen molar-refractivity contribution >= 4 is 67.4 Å². The van der Waals surface area contributed by atoms with Crippen molar-refractivity contribution in [3.8, 4) is 0 Å². The number of carbonyl (C=O) groups excluding carboxylic acids is 3. The quantitative estimate of drug-likeness (QED) is 0.445. The van der Waals surface area contributed by atoms with Crippen molar-refractivity contribution in [1.29, 1.82) is 0 Å². The molecule has 7 nitrogen and oxygen atoms in total. The molecule has 0 radical (unpaired) electrons. The van der Waals surface area contributed by atoms with E-state index in [-0.39, 0.29) is 23.6 Å². The van der Waals surface area contributed by atoms with Crippen molar-refractivity contribution in [3.05, 3.63) is 69.2 Å². The lowest BCUT2D eigenvalue weighted by atomic mass is 10.1. The molecule has 3 amide bonds. The maximum atomic E-state index is 13.1. The highest BCUT2D eigenvalue weighted by molar-refractivity contribution is 9.10. The molecular formula is C25H22BrN3O4S. The number of rotatable bonds is 4. The van der Waals surface area contributed by atoms with Gasteiger partial charge in [-0.1, -0.05) is 33.6 Å². The third kappa shape index (κ3) is 4.43. The minimum absolute atomic E-state index is 0.0226. The minimum Gasteiger partial charge on any atom is -0.378 e. The Morgan fingerprint density at radius 1 is 1.12 bits per heavy atom. The largest absolute Gasteiger partial charge is 0.378 e. The molecule has 1 aromatic heterocycles. The predicted octanol–water partition coefficient (Wildman–Crippen LogP) is 4.81. The molecule has 34 heavy (non-hydrogen) atoms. The summed E-state index contributed by atoms with van der Waals surface area (Å²) in [6.07, 6.45) is 3.61. The summed E-state index contributed by atoms with van der Waals surface area (Å²) in [4.78, 5) is 42.0. The highest BCUT2D eigenvalue weighted by Crippen LogP contribution is 2.37. The highest BCUT2D eigenvalue weighted by Gasteiger charge is 2.36. The lowest BCUT2D eigenvalue weighted by Gasteiger charge is -2.27. The molecular weight excluding hydrogens is 518 g/mol. The third-order valence-electron chi connectivity index (χ3n) is 5.92. The average Bonchev–Trinajstić information content (AvgIpc) is 3.30. The summed E-state index contributed by atoms with van der Waals surface area (Å²) < 4.78 is 8.13. The van der Waals surface area contributed by atoms with Gasteiger partial charge in [0, 0.05) is 40.2 Å². The molecule has 0 saturated carbocycles. The molecule has 0 N–H and O–H groups in total. The molecule has 0 spiro atoms. The van der Waals surface area contributed by atoms with E-state index < -0.39 is 0 Å². The Morgan fingerprint density at radius 2 is 1.85 bits per heavy atom. The monoisotopic (exact) mass is 539 g/mol. The van der Waals surface area contributed by atoms with Crippen LogP contribution in [0.25, 0.3) is 17.0 Å². The number of aryl methyl sites for hydroxylation is 1. The van der Waals surface area contributed by atoms with E-state index in [1.807, 2.05) is 48.0 Å². The number of imide groups is 1. The fourth-order valence-electron chi connectivity index (χ4n) is 4.13. The number of amides is 3. The number of ether oxygens (including phenoxy) is 1. The zero-order valence-electron chi connectivity index (χ0n) is 18.5. The van der Waals surface area contributed by atoms with Gasteiger partial charge in [-0.15, -0.1) is 0 Å². The molecule has 2 aliphatic heterocycles. The molecule has 0 unspecified atom stereocenters. The number of benzene rings is 2. The Morgan fingerprint density at radius 3 is 2.59 bits per heavy atom. The first-order valence-electron chi connectivity index (χ1n) is 10.9. The first kappa shape index (κ1) is 22.9. The van der Waals surface area contributed by atoms with Crippen LogP contribution in [0.5, 0.6) is 0 Å². The number of anilines is 1. The van der Waals surface area contributed by atoms with Gasteiger partial charge in [0.2, 0.25) is 5.91 Å². The van der Waals surface area contributed by atoms with Gasteiger partial charge in [-0.2, -0.15) is 0 Å².